The van der Waals surface area contributed by atoms with Crippen LogP contribution in [-0.2, 0) is 9.57 Å². The van der Waals surface area contributed by atoms with Gasteiger partial charge in [-0.2, -0.15) is 0 Å². The third-order valence-electron chi connectivity index (χ3n) is 5.39. The zero-order valence-corrected chi connectivity index (χ0v) is 12.2. The van der Waals surface area contributed by atoms with Gasteiger partial charge in [-0.3, -0.25) is 4.90 Å². The summed E-state index contributed by atoms with van der Waals surface area (Å²) in [5.41, 5.74) is 0.167. The summed E-state index contributed by atoms with van der Waals surface area (Å²) in [6, 6.07) is 0. The van der Waals surface area contributed by atoms with Gasteiger partial charge in [-0.25, -0.2) is 0 Å². The summed E-state index contributed by atoms with van der Waals surface area (Å²) >= 11 is 0. The minimum atomic E-state index is 0.167. The summed E-state index contributed by atoms with van der Waals surface area (Å²) in [5.74, 6) is 0.894. The van der Waals surface area contributed by atoms with E-state index in [9.17, 15) is 0 Å². The normalized spacial score (nSPS) is 41.1. The molecule has 0 N–H and O–H groups in total. The third-order valence-corrected chi connectivity index (χ3v) is 5.39. The first-order chi connectivity index (χ1) is 9.84. The molecule has 1 unspecified atom stereocenters. The van der Waals surface area contributed by atoms with Crippen LogP contribution in [0.4, 0.5) is 0 Å². The van der Waals surface area contributed by atoms with E-state index in [2.05, 4.69) is 15.0 Å². The van der Waals surface area contributed by atoms with Crippen molar-refractivity contribution in [3.63, 3.8) is 0 Å². The molecular weight excluding hydrogens is 254 g/mol. The maximum absolute atomic E-state index is 6.25. The van der Waals surface area contributed by atoms with E-state index in [1.54, 1.807) is 0 Å². The standard InChI is InChI=1S/C15H25N3O2/c1-2-6-17(7-3-1)10-13-11-19-16-14(20-13)15-4-8-18(12-15)9-5-15/h13H,1-12H2. The predicted molar refractivity (Wildman–Crippen MR) is 76.7 cm³/mol. The molecular formula is C15H25N3O2. The van der Waals surface area contributed by atoms with Gasteiger partial charge in [0.05, 0.1) is 5.41 Å². The number of nitrogens with zero attached hydrogens (tertiary/aromatic N) is 3. The van der Waals surface area contributed by atoms with Gasteiger partial charge in [-0.05, 0) is 51.9 Å². The van der Waals surface area contributed by atoms with Crippen LogP contribution in [0.5, 0.6) is 0 Å². The van der Waals surface area contributed by atoms with Gasteiger partial charge >= 0.3 is 0 Å². The van der Waals surface area contributed by atoms with Crippen molar-refractivity contribution in [3.05, 3.63) is 0 Å². The first kappa shape index (κ1) is 12.9. The number of ether oxygens (including phenoxy) is 1. The Labute approximate surface area is 120 Å². The second-order valence-electron chi connectivity index (χ2n) is 6.85. The van der Waals surface area contributed by atoms with E-state index in [1.165, 1.54) is 58.3 Å². The summed E-state index contributed by atoms with van der Waals surface area (Å²) in [5, 5.41) is 4.27. The minimum absolute atomic E-state index is 0.167. The van der Waals surface area contributed by atoms with E-state index in [1.807, 2.05) is 0 Å². The fourth-order valence-electron chi connectivity index (χ4n) is 4.14. The van der Waals surface area contributed by atoms with Crippen molar-refractivity contribution in [1.82, 2.24) is 9.80 Å². The zero-order valence-electron chi connectivity index (χ0n) is 12.2. The Balaban J connectivity index is 1.38. The van der Waals surface area contributed by atoms with Crippen LogP contribution in [0.25, 0.3) is 0 Å². The maximum atomic E-state index is 6.25. The third kappa shape index (κ3) is 2.31. The van der Waals surface area contributed by atoms with Gasteiger partial charge in [0, 0.05) is 13.1 Å². The molecule has 2 bridgehead atoms. The highest BCUT2D eigenvalue weighted by Gasteiger charge is 2.50. The molecule has 4 rings (SSSR count). The molecule has 20 heavy (non-hydrogen) atoms. The number of fused-ring (bicyclic) bond motifs is 2. The van der Waals surface area contributed by atoms with Crippen LogP contribution in [0.1, 0.15) is 32.1 Å². The van der Waals surface area contributed by atoms with Crippen molar-refractivity contribution >= 4 is 5.90 Å². The van der Waals surface area contributed by atoms with Gasteiger partial charge in [0.2, 0.25) is 5.90 Å². The molecule has 1 atom stereocenters. The molecule has 0 radical (unpaired) electrons. The molecule has 4 aliphatic rings. The van der Waals surface area contributed by atoms with Crippen LogP contribution in [-0.4, -0.2) is 67.7 Å². The van der Waals surface area contributed by atoms with Gasteiger partial charge in [-0.1, -0.05) is 11.6 Å². The molecule has 4 heterocycles. The van der Waals surface area contributed by atoms with Crippen molar-refractivity contribution in [2.24, 2.45) is 10.6 Å². The fraction of sp³-hybridized carbons (Fsp3) is 0.933. The van der Waals surface area contributed by atoms with E-state index in [0.717, 1.165) is 19.0 Å². The Kier molecular flexibility index (Phi) is 3.34. The molecule has 3 saturated heterocycles. The highest BCUT2D eigenvalue weighted by atomic mass is 16.7. The van der Waals surface area contributed by atoms with Gasteiger partial charge < -0.3 is 14.5 Å². The zero-order chi connectivity index (χ0) is 13.4. The first-order valence-electron chi connectivity index (χ1n) is 8.16. The van der Waals surface area contributed by atoms with Gasteiger partial charge in [-0.15, -0.1) is 0 Å². The summed E-state index contributed by atoms with van der Waals surface area (Å²) < 4.78 is 6.25. The minimum Gasteiger partial charge on any atom is -0.470 e. The Morgan fingerprint density at radius 2 is 1.90 bits per heavy atom. The number of rotatable bonds is 3. The molecule has 112 valence electrons. The average molecular weight is 279 g/mol. The lowest BCUT2D eigenvalue weighted by atomic mass is 9.84. The lowest BCUT2D eigenvalue weighted by Gasteiger charge is -2.35. The van der Waals surface area contributed by atoms with Crippen molar-refractivity contribution in [3.8, 4) is 0 Å². The number of oxime groups is 1. The largest absolute Gasteiger partial charge is 0.470 e. The molecule has 5 nitrogen and oxygen atoms in total. The van der Waals surface area contributed by atoms with Gasteiger partial charge in [0.15, 0.2) is 6.61 Å². The predicted octanol–water partition coefficient (Wildman–Crippen LogP) is 1.30. The number of hydrogen-bond donors (Lipinski definition) is 0. The lowest BCUT2D eigenvalue weighted by Crippen LogP contribution is -2.45. The molecule has 0 aliphatic carbocycles. The van der Waals surface area contributed by atoms with Crippen molar-refractivity contribution in [2.75, 3.05) is 45.9 Å². The first-order valence-corrected chi connectivity index (χ1v) is 8.16. The molecule has 0 aromatic heterocycles. The smallest absolute Gasteiger partial charge is 0.233 e. The van der Waals surface area contributed by atoms with Crippen LogP contribution in [0.3, 0.4) is 0 Å². The molecule has 0 aromatic rings. The van der Waals surface area contributed by atoms with Crippen LogP contribution in [0.15, 0.2) is 5.16 Å². The number of piperidine rings is 2. The quantitative estimate of drug-likeness (QED) is 0.780. The van der Waals surface area contributed by atoms with E-state index in [0.29, 0.717) is 6.61 Å². The Bertz CT molecular complexity index is 385. The molecule has 5 heteroatoms. The van der Waals surface area contributed by atoms with Crippen LogP contribution in [0, 0.1) is 5.41 Å². The Hall–Kier alpha value is -0.810. The molecule has 0 aromatic carbocycles. The average Bonchev–Trinajstić information content (AvgIpc) is 3.11. The van der Waals surface area contributed by atoms with Crippen LogP contribution < -0.4 is 0 Å². The van der Waals surface area contributed by atoms with Crippen molar-refractivity contribution in [2.45, 2.75) is 38.2 Å². The fourth-order valence-corrected chi connectivity index (χ4v) is 4.14. The molecule has 3 fully saturated rings. The Morgan fingerprint density at radius 3 is 2.60 bits per heavy atom. The summed E-state index contributed by atoms with van der Waals surface area (Å²) in [6.45, 7) is 7.54. The number of likely N-dealkylation sites (tertiary alicyclic amines) is 1. The van der Waals surface area contributed by atoms with E-state index >= 15 is 0 Å². The van der Waals surface area contributed by atoms with Crippen molar-refractivity contribution < 1.29 is 9.57 Å². The lowest BCUT2D eigenvalue weighted by molar-refractivity contribution is -0.0203. The summed E-state index contributed by atoms with van der Waals surface area (Å²) in [4.78, 5) is 10.5. The van der Waals surface area contributed by atoms with Gasteiger partial charge in [0.1, 0.15) is 6.10 Å². The van der Waals surface area contributed by atoms with Crippen molar-refractivity contribution in [1.29, 1.82) is 0 Å². The summed E-state index contributed by atoms with van der Waals surface area (Å²) in [6.07, 6.45) is 6.58. The molecule has 0 spiro atoms. The Morgan fingerprint density at radius 1 is 1.10 bits per heavy atom. The van der Waals surface area contributed by atoms with Crippen LogP contribution in [0.2, 0.25) is 0 Å². The summed E-state index contributed by atoms with van der Waals surface area (Å²) in [7, 11) is 0. The highest BCUT2D eigenvalue weighted by Crippen LogP contribution is 2.42. The van der Waals surface area contributed by atoms with Gasteiger partial charge in [0.25, 0.3) is 0 Å². The molecule has 0 amide bonds. The molecule has 0 saturated carbocycles. The molecule has 4 aliphatic heterocycles. The maximum Gasteiger partial charge on any atom is 0.233 e. The second-order valence-corrected chi connectivity index (χ2v) is 6.85. The second kappa shape index (κ2) is 5.19. The topological polar surface area (TPSA) is 37.3 Å². The van der Waals surface area contributed by atoms with Crippen LogP contribution >= 0.6 is 0 Å². The highest BCUT2D eigenvalue weighted by molar-refractivity contribution is 5.84. The monoisotopic (exact) mass is 279 g/mol. The van der Waals surface area contributed by atoms with E-state index in [4.69, 9.17) is 9.57 Å². The SMILES string of the molecule is C1CCN(CC2CON=C(C34CCN(CC3)C4)O2)CC1. The van der Waals surface area contributed by atoms with E-state index in [-0.39, 0.29) is 11.5 Å². The number of hydrogen-bond acceptors (Lipinski definition) is 5. The van der Waals surface area contributed by atoms with E-state index < -0.39 is 0 Å².